The van der Waals surface area contributed by atoms with E-state index in [1.807, 2.05) is 0 Å². The van der Waals surface area contributed by atoms with Crippen LogP contribution < -0.4 is 10.6 Å². The van der Waals surface area contributed by atoms with Crippen LogP contribution in [-0.4, -0.2) is 30.2 Å². The normalized spacial score (nSPS) is 17.3. The van der Waals surface area contributed by atoms with Crippen molar-refractivity contribution in [1.82, 2.24) is 10.6 Å². The Balaban J connectivity index is 2.17. The highest BCUT2D eigenvalue weighted by Gasteiger charge is 2.40. The highest BCUT2D eigenvalue weighted by atomic mass is 16.4. The molecule has 0 aromatic carbocycles. The van der Waals surface area contributed by atoms with Gasteiger partial charge in [-0.15, -0.1) is 0 Å². The summed E-state index contributed by atoms with van der Waals surface area (Å²) in [7, 11) is 0. The Morgan fingerprint density at radius 3 is 2.33 bits per heavy atom. The molecule has 0 spiro atoms. The van der Waals surface area contributed by atoms with E-state index < -0.39 is 5.97 Å². The number of carbonyl (C=O) groups excluding carboxylic acids is 1. The first-order valence-corrected chi connectivity index (χ1v) is 8.12. The summed E-state index contributed by atoms with van der Waals surface area (Å²) in [4.78, 5) is 22.4. The molecule has 1 rings (SSSR count). The lowest BCUT2D eigenvalue weighted by molar-refractivity contribution is -0.137. The molecule has 2 amide bonds. The zero-order chi connectivity index (χ0) is 15.9. The van der Waals surface area contributed by atoms with E-state index in [1.165, 1.54) is 12.8 Å². The van der Waals surface area contributed by atoms with E-state index in [2.05, 4.69) is 31.4 Å². The van der Waals surface area contributed by atoms with Gasteiger partial charge in [-0.3, -0.25) is 4.79 Å². The number of hydrogen-bond acceptors (Lipinski definition) is 2. The van der Waals surface area contributed by atoms with Crippen molar-refractivity contribution in [2.45, 2.75) is 59.3 Å². The Morgan fingerprint density at radius 2 is 1.86 bits per heavy atom. The fourth-order valence-corrected chi connectivity index (χ4v) is 2.65. The Bertz CT molecular complexity index is 351. The first-order valence-electron chi connectivity index (χ1n) is 8.12. The summed E-state index contributed by atoms with van der Waals surface area (Å²) >= 11 is 0. The minimum absolute atomic E-state index is 0.101. The largest absolute Gasteiger partial charge is 0.481 e. The molecular formula is C16H30N2O3. The van der Waals surface area contributed by atoms with E-state index >= 15 is 0 Å². The molecule has 0 saturated heterocycles. The van der Waals surface area contributed by atoms with Crippen LogP contribution in [0.15, 0.2) is 0 Å². The molecule has 5 nitrogen and oxygen atoms in total. The van der Waals surface area contributed by atoms with E-state index in [0.717, 1.165) is 19.4 Å². The average molecular weight is 298 g/mol. The Hall–Kier alpha value is -1.26. The molecule has 1 unspecified atom stereocenters. The molecule has 1 aliphatic rings. The number of urea groups is 1. The Morgan fingerprint density at radius 1 is 1.19 bits per heavy atom. The molecule has 1 atom stereocenters. The molecule has 1 saturated carbocycles. The van der Waals surface area contributed by atoms with E-state index in [4.69, 9.17) is 5.11 Å². The molecule has 3 N–H and O–H groups in total. The monoisotopic (exact) mass is 298 g/mol. The zero-order valence-electron chi connectivity index (χ0n) is 13.6. The van der Waals surface area contributed by atoms with Crippen molar-refractivity contribution in [3.05, 3.63) is 0 Å². The van der Waals surface area contributed by atoms with Gasteiger partial charge in [0.05, 0.1) is 0 Å². The second kappa shape index (κ2) is 8.25. The molecular weight excluding hydrogens is 268 g/mol. The van der Waals surface area contributed by atoms with Gasteiger partial charge in [0.25, 0.3) is 0 Å². The van der Waals surface area contributed by atoms with Crippen LogP contribution >= 0.6 is 0 Å². The van der Waals surface area contributed by atoms with Gasteiger partial charge in [-0.1, -0.05) is 20.8 Å². The third-order valence-electron chi connectivity index (χ3n) is 4.80. The summed E-state index contributed by atoms with van der Waals surface area (Å²) < 4.78 is 0. The maximum Gasteiger partial charge on any atom is 0.314 e. The molecule has 0 heterocycles. The molecule has 0 bridgehead atoms. The van der Waals surface area contributed by atoms with Gasteiger partial charge in [0.2, 0.25) is 0 Å². The lowest BCUT2D eigenvalue weighted by Gasteiger charge is -2.20. The van der Waals surface area contributed by atoms with Crippen molar-refractivity contribution in [1.29, 1.82) is 0 Å². The molecule has 122 valence electrons. The van der Waals surface area contributed by atoms with Gasteiger partial charge < -0.3 is 15.7 Å². The summed E-state index contributed by atoms with van der Waals surface area (Å²) in [5.41, 5.74) is 0.360. The highest BCUT2D eigenvalue weighted by molar-refractivity contribution is 5.73. The fraction of sp³-hybridized carbons (Fsp3) is 0.875. The molecule has 1 fully saturated rings. The minimum atomic E-state index is -0.749. The summed E-state index contributed by atoms with van der Waals surface area (Å²) in [6.07, 6.45) is 5.27. The molecule has 0 aliphatic heterocycles. The molecule has 1 aliphatic carbocycles. The van der Waals surface area contributed by atoms with Crippen LogP contribution in [0.5, 0.6) is 0 Å². The number of carboxylic acid groups (broad SMARTS) is 1. The van der Waals surface area contributed by atoms with Gasteiger partial charge in [-0.25, -0.2) is 4.79 Å². The van der Waals surface area contributed by atoms with E-state index in [0.29, 0.717) is 30.2 Å². The van der Waals surface area contributed by atoms with E-state index in [9.17, 15) is 9.59 Å². The molecule has 0 aromatic rings. The summed E-state index contributed by atoms with van der Waals surface area (Å²) in [6, 6.07) is -0.101. The topological polar surface area (TPSA) is 78.4 Å². The second-order valence-electron chi connectivity index (χ2n) is 6.69. The third-order valence-corrected chi connectivity index (χ3v) is 4.80. The van der Waals surface area contributed by atoms with E-state index in [1.54, 1.807) is 0 Å². The van der Waals surface area contributed by atoms with Crippen LogP contribution in [0.3, 0.4) is 0 Å². The standard InChI is InChI=1S/C16H30N2O3/c1-4-16(8-9-16)11-18-15(21)17-10-7-13(12(2)3)5-6-14(19)20/h12-13H,4-11H2,1-3H3,(H,19,20)(H2,17,18,21). The summed E-state index contributed by atoms with van der Waals surface area (Å²) in [5.74, 6) is 0.0245. The first-order chi connectivity index (χ1) is 9.88. The van der Waals surface area contributed by atoms with Gasteiger partial charge in [0.1, 0.15) is 0 Å². The molecule has 0 aromatic heterocycles. The maximum atomic E-state index is 11.7. The quantitative estimate of drug-likeness (QED) is 0.580. The van der Waals surface area contributed by atoms with Crippen LogP contribution in [-0.2, 0) is 4.79 Å². The zero-order valence-corrected chi connectivity index (χ0v) is 13.6. The highest BCUT2D eigenvalue weighted by Crippen LogP contribution is 2.47. The van der Waals surface area contributed by atoms with Crippen LogP contribution in [0.1, 0.15) is 59.3 Å². The van der Waals surface area contributed by atoms with Gasteiger partial charge in [-0.05, 0) is 49.4 Å². The van der Waals surface area contributed by atoms with Crippen molar-refractivity contribution < 1.29 is 14.7 Å². The predicted molar refractivity (Wildman–Crippen MR) is 83.2 cm³/mol. The Labute approximate surface area is 127 Å². The fourth-order valence-electron chi connectivity index (χ4n) is 2.65. The number of rotatable bonds is 10. The SMILES string of the molecule is CCC1(CNC(=O)NCCC(CCC(=O)O)C(C)C)CC1. The van der Waals surface area contributed by atoms with Crippen molar-refractivity contribution >= 4 is 12.0 Å². The number of hydrogen-bond donors (Lipinski definition) is 3. The number of aliphatic carboxylic acids is 1. The van der Waals surface area contributed by atoms with Gasteiger partial charge in [0.15, 0.2) is 0 Å². The summed E-state index contributed by atoms with van der Waals surface area (Å²) in [5, 5.41) is 14.6. The van der Waals surface area contributed by atoms with Gasteiger partial charge >= 0.3 is 12.0 Å². The predicted octanol–water partition coefficient (Wildman–Crippen LogP) is 3.00. The number of amides is 2. The first kappa shape index (κ1) is 17.8. The number of carboxylic acids is 1. The lowest BCUT2D eigenvalue weighted by atomic mass is 9.88. The van der Waals surface area contributed by atoms with Gasteiger partial charge in [-0.2, -0.15) is 0 Å². The lowest BCUT2D eigenvalue weighted by Crippen LogP contribution is -2.39. The minimum Gasteiger partial charge on any atom is -0.481 e. The van der Waals surface area contributed by atoms with E-state index in [-0.39, 0.29) is 12.5 Å². The number of nitrogens with one attached hydrogen (secondary N) is 2. The van der Waals surface area contributed by atoms with Crippen LogP contribution in [0.2, 0.25) is 0 Å². The van der Waals surface area contributed by atoms with Gasteiger partial charge in [0, 0.05) is 19.5 Å². The third kappa shape index (κ3) is 6.82. The van der Waals surface area contributed by atoms with Crippen LogP contribution in [0, 0.1) is 17.3 Å². The van der Waals surface area contributed by atoms with Crippen molar-refractivity contribution in [3.63, 3.8) is 0 Å². The number of carbonyl (C=O) groups is 2. The maximum absolute atomic E-state index is 11.7. The van der Waals surface area contributed by atoms with Crippen molar-refractivity contribution in [3.8, 4) is 0 Å². The van der Waals surface area contributed by atoms with Crippen LogP contribution in [0.25, 0.3) is 0 Å². The summed E-state index contributed by atoms with van der Waals surface area (Å²) in [6.45, 7) is 7.74. The Kier molecular flexibility index (Phi) is 6.99. The van der Waals surface area contributed by atoms with Crippen molar-refractivity contribution in [2.24, 2.45) is 17.3 Å². The molecule has 21 heavy (non-hydrogen) atoms. The second-order valence-corrected chi connectivity index (χ2v) is 6.69. The molecule has 0 radical (unpaired) electrons. The molecule has 5 heteroatoms. The average Bonchev–Trinajstić information content (AvgIpc) is 3.20. The smallest absolute Gasteiger partial charge is 0.314 e. The van der Waals surface area contributed by atoms with Crippen molar-refractivity contribution in [2.75, 3.05) is 13.1 Å². The van der Waals surface area contributed by atoms with Crippen LogP contribution in [0.4, 0.5) is 4.79 Å².